The van der Waals surface area contributed by atoms with E-state index in [4.69, 9.17) is 5.11 Å². The van der Waals surface area contributed by atoms with Crippen LogP contribution in [0.5, 0.6) is 0 Å². The fourth-order valence-corrected chi connectivity index (χ4v) is 4.65. The number of hydrogen-bond acceptors (Lipinski definition) is 5. The highest BCUT2D eigenvalue weighted by Crippen LogP contribution is 2.24. The molecule has 1 aliphatic heterocycles. The van der Waals surface area contributed by atoms with Gasteiger partial charge in [-0.1, -0.05) is 0 Å². The van der Waals surface area contributed by atoms with E-state index in [0.717, 1.165) is 24.4 Å². The van der Waals surface area contributed by atoms with E-state index < -0.39 is 16.0 Å². The van der Waals surface area contributed by atoms with Crippen LogP contribution in [0.4, 0.5) is 0 Å². The van der Waals surface area contributed by atoms with Crippen molar-refractivity contribution in [1.82, 2.24) is 9.21 Å². The summed E-state index contributed by atoms with van der Waals surface area (Å²) < 4.78 is 26.0. The highest BCUT2D eigenvalue weighted by Gasteiger charge is 2.24. The molecule has 20 heavy (non-hydrogen) atoms. The monoisotopic (exact) mass is 318 g/mol. The molecular weight excluding hydrogens is 300 g/mol. The van der Waals surface area contributed by atoms with E-state index in [9.17, 15) is 13.2 Å². The van der Waals surface area contributed by atoms with E-state index in [1.165, 1.54) is 36.3 Å². The number of thiophene rings is 1. The molecule has 6 nitrogen and oxygen atoms in total. The van der Waals surface area contributed by atoms with Crippen LogP contribution < -0.4 is 0 Å². The van der Waals surface area contributed by atoms with Gasteiger partial charge in [-0.15, -0.1) is 11.3 Å². The molecule has 1 fully saturated rings. The topological polar surface area (TPSA) is 77.9 Å². The van der Waals surface area contributed by atoms with Gasteiger partial charge in [-0.25, -0.2) is 13.2 Å². The van der Waals surface area contributed by atoms with Crippen LogP contribution in [0.3, 0.4) is 0 Å². The first-order chi connectivity index (χ1) is 9.41. The molecule has 0 radical (unpaired) electrons. The van der Waals surface area contributed by atoms with Gasteiger partial charge in [-0.2, -0.15) is 4.31 Å². The van der Waals surface area contributed by atoms with Crippen molar-refractivity contribution in [2.24, 2.45) is 0 Å². The summed E-state index contributed by atoms with van der Waals surface area (Å²) in [6, 6.07) is 2.68. The third-order valence-electron chi connectivity index (χ3n) is 3.39. The van der Waals surface area contributed by atoms with Crippen molar-refractivity contribution in [2.75, 3.05) is 33.2 Å². The first kappa shape index (κ1) is 15.4. The lowest BCUT2D eigenvalue weighted by molar-refractivity contribution is 0.0702. The van der Waals surface area contributed by atoms with Crippen molar-refractivity contribution in [2.45, 2.75) is 17.1 Å². The van der Waals surface area contributed by atoms with E-state index in [-0.39, 0.29) is 9.09 Å². The molecule has 0 atom stereocenters. The van der Waals surface area contributed by atoms with Crippen LogP contribution in [0.1, 0.15) is 22.5 Å². The molecule has 2 rings (SSSR count). The van der Waals surface area contributed by atoms with Crippen LogP contribution in [-0.2, 0) is 10.0 Å². The maximum atomic E-state index is 12.3. The molecule has 112 valence electrons. The third kappa shape index (κ3) is 3.38. The van der Waals surface area contributed by atoms with E-state index in [1.807, 2.05) is 0 Å². The number of aromatic carboxylic acids is 1. The zero-order valence-corrected chi connectivity index (χ0v) is 12.9. The summed E-state index contributed by atoms with van der Waals surface area (Å²) in [6.07, 6.45) is 2.34. The summed E-state index contributed by atoms with van der Waals surface area (Å²) in [4.78, 5) is 13.1. The van der Waals surface area contributed by atoms with Crippen LogP contribution >= 0.6 is 11.3 Å². The fourth-order valence-electron chi connectivity index (χ4n) is 2.14. The van der Waals surface area contributed by atoms with Crippen molar-refractivity contribution in [1.29, 1.82) is 0 Å². The maximum Gasteiger partial charge on any atom is 0.345 e. The number of likely N-dealkylation sites (tertiary alicyclic amines) is 1. The van der Waals surface area contributed by atoms with Gasteiger partial charge in [0.15, 0.2) is 0 Å². The van der Waals surface area contributed by atoms with Crippen LogP contribution in [0.15, 0.2) is 16.3 Å². The Hall–Kier alpha value is -0.960. The Labute approximate surface area is 122 Å². The number of likely N-dealkylation sites (N-methyl/N-ethyl adjacent to an activating group) is 1. The van der Waals surface area contributed by atoms with Gasteiger partial charge < -0.3 is 10.0 Å². The molecule has 1 saturated heterocycles. The molecule has 0 bridgehead atoms. The summed E-state index contributed by atoms with van der Waals surface area (Å²) in [5.41, 5.74) is 0. The smallest absolute Gasteiger partial charge is 0.345 e. The van der Waals surface area contributed by atoms with Crippen LogP contribution in [0.25, 0.3) is 0 Å². The number of carbonyl (C=O) groups is 1. The second kappa shape index (κ2) is 6.21. The number of nitrogens with zero attached hydrogens (tertiary/aromatic N) is 2. The SMILES string of the molecule is CN(CCN1CCCC1)S(=O)(=O)c1ccc(C(=O)O)s1. The quantitative estimate of drug-likeness (QED) is 0.851. The molecule has 1 aliphatic rings. The Balaban J connectivity index is 2.02. The predicted molar refractivity (Wildman–Crippen MR) is 76.8 cm³/mol. The largest absolute Gasteiger partial charge is 0.477 e. The highest BCUT2D eigenvalue weighted by atomic mass is 32.2. The lowest BCUT2D eigenvalue weighted by atomic mass is 10.4. The van der Waals surface area contributed by atoms with Crippen molar-refractivity contribution in [3.05, 3.63) is 17.0 Å². The normalized spacial score (nSPS) is 16.9. The highest BCUT2D eigenvalue weighted by molar-refractivity contribution is 7.91. The van der Waals surface area contributed by atoms with Crippen molar-refractivity contribution < 1.29 is 18.3 Å². The molecule has 0 spiro atoms. The van der Waals surface area contributed by atoms with E-state index in [0.29, 0.717) is 13.1 Å². The van der Waals surface area contributed by atoms with Gasteiger partial charge in [-0.05, 0) is 38.1 Å². The number of hydrogen-bond donors (Lipinski definition) is 1. The molecule has 2 heterocycles. The summed E-state index contributed by atoms with van der Waals surface area (Å²) in [5, 5.41) is 8.84. The molecule has 1 aromatic heterocycles. The Bertz CT molecular complexity index is 576. The Morgan fingerprint density at radius 2 is 2.05 bits per heavy atom. The van der Waals surface area contributed by atoms with Crippen LogP contribution in [0, 0.1) is 0 Å². The number of sulfonamides is 1. The third-order valence-corrected chi connectivity index (χ3v) is 6.78. The van der Waals surface area contributed by atoms with Gasteiger partial charge in [0.2, 0.25) is 0 Å². The molecule has 0 unspecified atom stereocenters. The van der Waals surface area contributed by atoms with Gasteiger partial charge in [0.1, 0.15) is 9.09 Å². The summed E-state index contributed by atoms with van der Waals surface area (Å²) in [7, 11) is -2.05. The van der Waals surface area contributed by atoms with Gasteiger partial charge in [0.25, 0.3) is 10.0 Å². The number of carboxylic acids is 1. The average Bonchev–Trinajstić information content (AvgIpc) is 3.06. The predicted octanol–water partition coefficient (Wildman–Crippen LogP) is 1.16. The van der Waals surface area contributed by atoms with E-state index in [1.54, 1.807) is 0 Å². The van der Waals surface area contributed by atoms with E-state index >= 15 is 0 Å². The Morgan fingerprint density at radius 3 is 2.60 bits per heavy atom. The minimum Gasteiger partial charge on any atom is -0.477 e. The van der Waals surface area contributed by atoms with Crippen LogP contribution in [-0.4, -0.2) is 61.9 Å². The molecule has 0 aliphatic carbocycles. The second-order valence-corrected chi connectivity index (χ2v) is 8.15. The lowest BCUT2D eigenvalue weighted by Gasteiger charge is -2.20. The summed E-state index contributed by atoms with van der Waals surface area (Å²) >= 11 is 0.792. The average molecular weight is 318 g/mol. The first-order valence-electron chi connectivity index (χ1n) is 6.43. The van der Waals surface area contributed by atoms with Crippen molar-refractivity contribution in [3.63, 3.8) is 0 Å². The van der Waals surface area contributed by atoms with Crippen molar-refractivity contribution in [3.8, 4) is 0 Å². The minimum atomic E-state index is -3.58. The lowest BCUT2D eigenvalue weighted by Crippen LogP contribution is -2.34. The zero-order chi connectivity index (χ0) is 14.8. The molecule has 0 saturated carbocycles. The Kier molecular flexibility index (Phi) is 4.79. The van der Waals surface area contributed by atoms with Gasteiger partial charge in [0, 0.05) is 20.1 Å². The molecule has 0 amide bonds. The first-order valence-corrected chi connectivity index (χ1v) is 8.69. The molecular formula is C12H18N2O4S2. The second-order valence-electron chi connectivity index (χ2n) is 4.80. The summed E-state index contributed by atoms with van der Waals surface area (Å²) in [6.45, 7) is 3.18. The number of carboxylic acid groups (broad SMARTS) is 1. The summed E-state index contributed by atoms with van der Waals surface area (Å²) in [5.74, 6) is -1.10. The van der Waals surface area contributed by atoms with Crippen LogP contribution in [0.2, 0.25) is 0 Å². The van der Waals surface area contributed by atoms with Gasteiger partial charge >= 0.3 is 5.97 Å². The van der Waals surface area contributed by atoms with Gasteiger partial charge in [-0.3, -0.25) is 0 Å². The minimum absolute atomic E-state index is 0.0384. The number of rotatable bonds is 6. The molecule has 1 N–H and O–H groups in total. The van der Waals surface area contributed by atoms with E-state index in [2.05, 4.69) is 4.90 Å². The Morgan fingerprint density at radius 1 is 1.40 bits per heavy atom. The molecule has 0 aromatic carbocycles. The fraction of sp³-hybridized carbons (Fsp3) is 0.583. The maximum absolute atomic E-state index is 12.3. The van der Waals surface area contributed by atoms with Gasteiger partial charge in [0.05, 0.1) is 0 Å². The zero-order valence-electron chi connectivity index (χ0n) is 11.3. The van der Waals surface area contributed by atoms with Crippen molar-refractivity contribution >= 4 is 27.3 Å². The molecule has 8 heteroatoms. The standard InChI is InChI=1S/C12H18N2O4S2/c1-13(8-9-14-6-2-3-7-14)20(17,18)11-5-4-10(19-11)12(15)16/h4-5H,2-3,6-9H2,1H3,(H,15,16). The molecule has 1 aromatic rings.